The lowest BCUT2D eigenvalue weighted by Gasteiger charge is -2.23. The molecule has 0 aromatic heterocycles. The Kier molecular flexibility index (Phi) is 5.87. The largest absolute Gasteiger partial charge is 0.413 e. The van der Waals surface area contributed by atoms with Crippen molar-refractivity contribution in [2.75, 3.05) is 13.2 Å². The van der Waals surface area contributed by atoms with Crippen LogP contribution in [0.15, 0.2) is 24.3 Å². The van der Waals surface area contributed by atoms with Gasteiger partial charge in [-0.15, -0.1) is 0 Å². The van der Waals surface area contributed by atoms with Crippen LogP contribution in [0.5, 0.6) is 0 Å². The van der Waals surface area contributed by atoms with Gasteiger partial charge in [0.2, 0.25) is 0 Å². The van der Waals surface area contributed by atoms with Crippen LogP contribution in [0, 0.1) is 10.1 Å². The molecule has 1 aliphatic heterocycles. The van der Waals surface area contributed by atoms with Crippen molar-refractivity contribution in [3.05, 3.63) is 39.9 Å². The molecule has 1 aliphatic rings. The van der Waals surface area contributed by atoms with Crippen molar-refractivity contribution < 1.29 is 19.3 Å². The van der Waals surface area contributed by atoms with E-state index in [1.165, 1.54) is 12.1 Å². The molecule has 23 heavy (non-hydrogen) atoms. The lowest BCUT2D eigenvalue weighted by Crippen LogP contribution is -2.34. The van der Waals surface area contributed by atoms with Crippen molar-refractivity contribution in [1.29, 1.82) is 0 Å². The summed E-state index contributed by atoms with van der Waals surface area (Å²) in [6.45, 7) is 7.38. The van der Waals surface area contributed by atoms with Gasteiger partial charge in [0.1, 0.15) is 0 Å². The third kappa shape index (κ3) is 5.36. The first-order valence-electron chi connectivity index (χ1n) is 7.70. The molecule has 1 aromatic rings. The van der Waals surface area contributed by atoms with Gasteiger partial charge < -0.3 is 9.53 Å². The number of nitro groups is 1. The molecule has 2 unspecified atom stereocenters. The van der Waals surface area contributed by atoms with Gasteiger partial charge in [0.25, 0.3) is 5.69 Å². The van der Waals surface area contributed by atoms with Crippen LogP contribution in [-0.2, 0) is 15.9 Å². The molecule has 7 nitrogen and oxygen atoms in total. The summed E-state index contributed by atoms with van der Waals surface area (Å²) in [6, 6.07) is 6.21. The molecular formula is C15H24N2O5Si. The van der Waals surface area contributed by atoms with E-state index in [2.05, 4.69) is 19.6 Å². The van der Waals surface area contributed by atoms with Crippen LogP contribution in [-0.4, -0.2) is 48.7 Å². The molecule has 0 bridgehead atoms. The van der Waals surface area contributed by atoms with Gasteiger partial charge in [0, 0.05) is 18.7 Å². The minimum Gasteiger partial charge on any atom is -0.413 e. The van der Waals surface area contributed by atoms with Crippen LogP contribution in [0.25, 0.3) is 0 Å². The second-order valence-corrected chi connectivity index (χ2v) is 11.2. The van der Waals surface area contributed by atoms with Gasteiger partial charge in [0.05, 0.1) is 30.3 Å². The molecule has 0 saturated carbocycles. The lowest BCUT2D eigenvalue weighted by molar-refractivity contribution is -0.384. The predicted octanol–water partition coefficient (Wildman–Crippen LogP) is 2.31. The van der Waals surface area contributed by atoms with Gasteiger partial charge >= 0.3 is 0 Å². The maximum atomic E-state index is 10.6. The van der Waals surface area contributed by atoms with Crippen molar-refractivity contribution in [2.24, 2.45) is 0 Å². The summed E-state index contributed by atoms with van der Waals surface area (Å²) in [5, 5.41) is 21.9. The smallest absolute Gasteiger partial charge is 0.269 e. The van der Waals surface area contributed by atoms with Gasteiger partial charge in [-0.2, -0.15) is 5.06 Å². The fraction of sp³-hybridized carbons (Fsp3) is 0.600. The molecule has 1 aromatic carbocycles. The van der Waals surface area contributed by atoms with Crippen molar-refractivity contribution in [3.63, 3.8) is 0 Å². The maximum absolute atomic E-state index is 10.6. The summed E-state index contributed by atoms with van der Waals surface area (Å²) in [4.78, 5) is 16.0. The van der Waals surface area contributed by atoms with Crippen molar-refractivity contribution >= 4 is 14.0 Å². The Morgan fingerprint density at radius 2 is 2.00 bits per heavy atom. The second kappa shape index (κ2) is 7.50. The van der Waals surface area contributed by atoms with E-state index in [4.69, 9.17) is 9.26 Å². The molecule has 128 valence electrons. The fourth-order valence-electron chi connectivity index (χ4n) is 2.63. The standard InChI is InChI=1S/C15H24N2O5Si/c1-23(2,3)22-15-8-14(10-18)16(9-15)21-11-12-4-6-13(7-5-12)17(19)20/h4-7,14-15,18H,8-11H2,1-3H3. The number of nitro benzene ring substituents is 1. The molecule has 8 heteroatoms. The zero-order chi connectivity index (χ0) is 17.0. The quantitative estimate of drug-likeness (QED) is 0.466. The Morgan fingerprint density at radius 1 is 1.35 bits per heavy atom. The average molecular weight is 340 g/mol. The van der Waals surface area contributed by atoms with E-state index in [0.717, 1.165) is 12.0 Å². The van der Waals surface area contributed by atoms with Crippen LogP contribution in [0.4, 0.5) is 5.69 Å². The molecule has 1 fully saturated rings. The zero-order valence-corrected chi connectivity index (χ0v) is 14.8. The van der Waals surface area contributed by atoms with E-state index in [9.17, 15) is 15.2 Å². The van der Waals surface area contributed by atoms with E-state index < -0.39 is 13.2 Å². The van der Waals surface area contributed by atoms with Crippen LogP contribution in [0.2, 0.25) is 19.6 Å². The van der Waals surface area contributed by atoms with Gasteiger partial charge in [-0.3, -0.25) is 15.0 Å². The highest BCUT2D eigenvalue weighted by molar-refractivity contribution is 6.69. The highest BCUT2D eigenvalue weighted by Crippen LogP contribution is 2.24. The zero-order valence-electron chi connectivity index (χ0n) is 13.8. The number of aliphatic hydroxyl groups excluding tert-OH is 1. The normalized spacial score (nSPS) is 22.4. The van der Waals surface area contributed by atoms with E-state index in [1.807, 2.05) is 0 Å². The third-order valence-electron chi connectivity index (χ3n) is 3.60. The summed E-state index contributed by atoms with van der Waals surface area (Å²) < 4.78 is 6.09. The Morgan fingerprint density at radius 3 is 2.52 bits per heavy atom. The Labute approximate surface area is 137 Å². The molecular weight excluding hydrogens is 316 g/mol. The molecule has 2 rings (SSSR count). The summed E-state index contributed by atoms with van der Waals surface area (Å²) >= 11 is 0. The number of hydroxylamine groups is 2. The van der Waals surface area contributed by atoms with E-state index in [-0.39, 0.29) is 24.4 Å². The monoisotopic (exact) mass is 340 g/mol. The van der Waals surface area contributed by atoms with Gasteiger partial charge in [0.15, 0.2) is 8.32 Å². The first-order chi connectivity index (χ1) is 10.8. The molecule has 1 N–H and O–H groups in total. The second-order valence-electron chi connectivity index (χ2n) is 6.72. The SMILES string of the molecule is C[Si](C)(C)OC1CC(CO)N(OCc2ccc([N+](=O)[O-])cc2)C1. The number of hydrogen-bond donors (Lipinski definition) is 1. The first kappa shape index (κ1) is 18.0. The minimum atomic E-state index is -1.63. The number of nitrogens with zero attached hydrogens (tertiary/aromatic N) is 2. The van der Waals surface area contributed by atoms with Gasteiger partial charge in [-0.1, -0.05) is 0 Å². The number of rotatable bonds is 7. The predicted molar refractivity (Wildman–Crippen MR) is 88.3 cm³/mol. The lowest BCUT2D eigenvalue weighted by atomic mass is 10.2. The summed E-state index contributed by atoms with van der Waals surface area (Å²) in [6.07, 6.45) is 0.830. The van der Waals surface area contributed by atoms with Crippen LogP contribution in [0.1, 0.15) is 12.0 Å². The Bertz CT molecular complexity index is 532. The van der Waals surface area contributed by atoms with Crippen molar-refractivity contribution in [3.8, 4) is 0 Å². The first-order valence-corrected chi connectivity index (χ1v) is 11.1. The van der Waals surface area contributed by atoms with Crippen LogP contribution in [0.3, 0.4) is 0 Å². The molecule has 1 saturated heterocycles. The molecule has 0 radical (unpaired) electrons. The summed E-state index contributed by atoms with van der Waals surface area (Å²) in [5.41, 5.74) is 0.911. The number of non-ortho nitro benzene ring substituents is 1. The molecule has 0 aliphatic carbocycles. The van der Waals surface area contributed by atoms with Gasteiger partial charge in [-0.05, 0) is 43.8 Å². The van der Waals surface area contributed by atoms with Crippen molar-refractivity contribution in [2.45, 2.75) is 44.8 Å². The molecule has 1 heterocycles. The number of hydrogen-bond acceptors (Lipinski definition) is 6. The summed E-state index contributed by atoms with van der Waals surface area (Å²) in [7, 11) is -1.63. The van der Waals surface area contributed by atoms with E-state index >= 15 is 0 Å². The molecule has 0 spiro atoms. The fourth-order valence-corrected chi connectivity index (χ4v) is 3.80. The average Bonchev–Trinajstić information content (AvgIpc) is 2.85. The highest BCUT2D eigenvalue weighted by Gasteiger charge is 2.35. The molecule has 2 atom stereocenters. The summed E-state index contributed by atoms with van der Waals surface area (Å²) in [5.74, 6) is 0. The number of benzene rings is 1. The number of aliphatic hydroxyl groups is 1. The Balaban J connectivity index is 1.89. The van der Waals surface area contributed by atoms with E-state index in [1.54, 1.807) is 17.2 Å². The van der Waals surface area contributed by atoms with E-state index in [0.29, 0.717) is 13.2 Å². The molecule has 0 amide bonds. The van der Waals surface area contributed by atoms with Crippen LogP contribution < -0.4 is 0 Å². The third-order valence-corrected chi connectivity index (χ3v) is 4.64. The van der Waals surface area contributed by atoms with Gasteiger partial charge in [-0.25, -0.2) is 0 Å². The van der Waals surface area contributed by atoms with Crippen molar-refractivity contribution in [1.82, 2.24) is 5.06 Å². The Hall–Kier alpha value is -1.32. The minimum absolute atomic E-state index is 0.0197. The highest BCUT2D eigenvalue weighted by atomic mass is 28.4. The maximum Gasteiger partial charge on any atom is 0.269 e. The van der Waals surface area contributed by atoms with Crippen LogP contribution >= 0.6 is 0 Å². The topological polar surface area (TPSA) is 85.1 Å².